The molecule has 6 nitrogen and oxygen atoms in total. The van der Waals surface area contributed by atoms with Crippen molar-refractivity contribution in [2.75, 3.05) is 12.3 Å². The van der Waals surface area contributed by atoms with Gasteiger partial charge in [0.15, 0.2) is 0 Å². The fourth-order valence-corrected chi connectivity index (χ4v) is 2.59. The van der Waals surface area contributed by atoms with Gasteiger partial charge >= 0.3 is 0 Å². The molecule has 0 saturated heterocycles. The molecular weight excluding hydrogens is 278 g/mol. The van der Waals surface area contributed by atoms with Gasteiger partial charge < -0.3 is 5.73 Å². The minimum atomic E-state index is -0.155. The van der Waals surface area contributed by atoms with Gasteiger partial charge in [-0.25, -0.2) is 4.98 Å². The molecule has 0 aliphatic carbocycles. The quantitative estimate of drug-likeness (QED) is 0.860. The van der Waals surface area contributed by atoms with Crippen molar-refractivity contribution in [3.05, 3.63) is 50.7 Å². The zero-order chi connectivity index (χ0) is 14.1. The summed E-state index contributed by atoms with van der Waals surface area (Å²) in [5.74, 6) is 0.180. The van der Waals surface area contributed by atoms with Gasteiger partial charge in [-0.15, -0.1) is 0 Å². The number of aromatic amines is 1. The summed E-state index contributed by atoms with van der Waals surface area (Å²) < 4.78 is 0. The maximum atomic E-state index is 11.9. The summed E-state index contributed by atoms with van der Waals surface area (Å²) in [5.41, 5.74) is 7.89. The number of fused-ring (bicyclic) bond motifs is 1. The molecule has 2 aromatic rings. The predicted octanol–water partition coefficient (Wildman–Crippen LogP) is 0.959. The number of H-pyrrole nitrogens is 1. The fourth-order valence-electron chi connectivity index (χ4n) is 2.41. The Bertz CT molecular complexity index is 699. The average molecular weight is 292 g/mol. The first-order chi connectivity index (χ1) is 9.63. The maximum absolute atomic E-state index is 11.9. The third-order valence-corrected chi connectivity index (χ3v) is 3.76. The number of anilines is 1. The van der Waals surface area contributed by atoms with E-state index in [1.54, 1.807) is 12.4 Å². The van der Waals surface area contributed by atoms with Gasteiger partial charge in [-0.3, -0.25) is 19.7 Å². The van der Waals surface area contributed by atoms with Crippen LogP contribution in [0.25, 0.3) is 0 Å². The van der Waals surface area contributed by atoms with Crippen molar-refractivity contribution in [2.24, 2.45) is 0 Å². The molecule has 0 aromatic carbocycles. The van der Waals surface area contributed by atoms with Gasteiger partial charge in [-0.2, -0.15) is 0 Å². The molecule has 0 amide bonds. The van der Waals surface area contributed by atoms with Crippen molar-refractivity contribution < 1.29 is 0 Å². The molecule has 7 heteroatoms. The largest absolute Gasteiger partial charge is 0.369 e. The Morgan fingerprint density at radius 3 is 3.15 bits per heavy atom. The summed E-state index contributed by atoms with van der Waals surface area (Å²) in [7, 11) is 0. The Labute approximate surface area is 120 Å². The number of nitrogens with zero attached hydrogens (tertiary/aromatic N) is 3. The van der Waals surface area contributed by atoms with Gasteiger partial charge in [-0.05, 0) is 11.6 Å². The molecule has 0 radical (unpaired) electrons. The molecule has 0 fully saturated rings. The Kier molecular flexibility index (Phi) is 3.42. The molecule has 3 heterocycles. The standard InChI is InChI=1S/C13H14ClN5O/c14-10-5-16-3-1-8(10)6-19-4-2-11-9(7-19)12(20)18-13(15)17-11/h1,3,5H,2,4,6-7H2,(H3,15,17,18,20). The lowest BCUT2D eigenvalue weighted by molar-refractivity contribution is 0.242. The highest BCUT2D eigenvalue weighted by molar-refractivity contribution is 6.31. The number of hydrogen-bond donors (Lipinski definition) is 2. The number of pyridine rings is 1. The maximum Gasteiger partial charge on any atom is 0.257 e. The van der Waals surface area contributed by atoms with Crippen LogP contribution in [0, 0.1) is 0 Å². The van der Waals surface area contributed by atoms with E-state index in [0.717, 1.165) is 17.8 Å². The van der Waals surface area contributed by atoms with Crippen LogP contribution in [0.1, 0.15) is 16.8 Å². The number of halogens is 1. The monoisotopic (exact) mass is 291 g/mol. The molecule has 3 N–H and O–H groups in total. The van der Waals surface area contributed by atoms with Crippen LogP contribution < -0.4 is 11.3 Å². The zero-order valence-electron chi connectivity index (χ0n) is 10.8. The summed E-state index contributed by atoms with van der Waals surface area (Å²) in [6, 6.07) is 1.89. The Balaban J connectivity index is 1.83. The fraction of sp³-hybridized carbons (Fsp3) is 0.308. The number of nitrogens with two attached hydrogens (primary N) is 1. The van der Waals surface area contributed by atoms with E-state index in [1.165, 1.54) is 0 Å². The minimum Gasteiger partial charge on any atom is -0.369 e. The van der Waals surface area contributed by atoms with Crippen molar-refractivity contribution >= 4 is 17.5 Å². The molecule has 104 valence electrons. The van der Waals surface area contributed by atoms with Crippen LogP contribution in [-0.2, 0) is 19.5 Å². The van der Waals surface area contributed by atoms with Gasteiger partial charge in [0, 0.05) is 38.4 Å². The van der Waals surface area contributed by atoms with E-state index >= 15 is 0 Å². The topological polar surface area (TPSA) is 87.9 Å². The summed E-state index contributed by atoms with van der Waals surface area (Å²) in [6.45, 7) is 2.06. The second kappa shape index (κ2) is 5.22. The number of nitrogen functional groups attached to an aromatic ring is 1. The smallest absolute Gasteiger partial charge is 0.257 e. The Morgan fingerprint density at radius 1 is 1.50 bits per heavy atom. The van der Waals surface area contributed by atoms with Crippen LogP contribution in [0.15, 0.2) is 23.3 Å². The molecular formula is C13H14ClN5O. The first-order valence-corrected chi connectivity index (χ1v) is 6.69. The third kappa shape index (κ3) is 2.52. The zero-order valence-corrected chi connectivity index (χ0v) is 11.5. The summed E-state index contributed by atoms with van der Waals surface area (Å²) in [6.07, 6.45) is 4.06. The Hall–Kier alpha value is -1.92. The lowest BCUT2D eigenvalue weighted by Gasteiger charge is -2.27. The molecule has 1 aliphatic heterocycles. The first kappa shape index (κ1) is 13.1. The van der Waals surface area contributed by atoms with E-state index in [2.05, 4.69) is 19.9 Å². The SMILES string of the molecule is Nc1nc2c(c(=O)[nH]1)CN(Cc1ccncc1Cl)CC2. The van der Waals surface area contributed by atoms with Gasteiger partial charge in [0.2, 0.25) is 5.95 Å². The van der Waals surface area contributed by atoms with Crippen LogP contribution >= 0.6 is 11.6 Å². The lowest BCUT2D eigenvalue weighted by Crippen LogP contribution is -2.35. The molecule has 0 unspecified atom stereocenters. The number of hydrogen-bond acceptors (Lipinski definition) is 5. The highest BCUT2D eigenvalue weighted by atomic mass is 35.5. The second-order valence-corrected chi connectivity index (χ2v) is 5.21. The van der Waals surface area contributed by atoms with Crippen molar-refractivity contribution in [1.29, 1.82) is 0 Å². The average Bonchev–Trinajstić information content (AvgIpc) is 2.42. The molecule has 0 saturated carbocycles. The lowest BCUT2D eigenvalue weighted by atomic mass is 10.1. The third-order valence-electron chi connectivity index (χ3n) is 3.42. The van der Waals surface area contributed by atoms with Gasteiger partial charge in [0.05, 0.1) is 16.3 Å². The molecule has 1 aliphatic rings. The van der Waals surface area contributed by atoms with Crippen LogP contribution in [0.4, 0.5) is 5.95 Å². The summed E-state index contributed by atoms with van der Waals surface area (Å²) in [5, 5.41) is 0.641. The van der Waals surface area contributed by atoms with E-state index < -0.39 is 0 Å². The van der Waals surface area contributed by atoms with Crippen LogP contribution in [0.2, 0.25) is 5.02 Å². The van der Waals surface area contributed by atoms with Gasteiger partial charge in [0.25, 0.3) is 5.56 Å². The van der Waals surface area contributed by atoms with Crippen molar-refractivity contribution in [3.63, 3.8) is 0 Å². The van der Waals surface area contributed by atoms with E-state index in [-0.39, 0.29) is 11.5 Å². The summed E-state index contributed by atoms with van der Waals surface area (Å²) >= 11 is 6.11. The van der Waals surface area contributed by atoms with Crippen molar-refractivity contribution in [3.8, 4) is 0 Å². The van der Waals surface area contributed by atoms with Crippen molar-refractivity contribution in [2.45, 2.75) is 19.5 Å². The van der Waals surface area contributed by atoms with Crippen LogP contribution in [0.5, 0.6) is 0 Å². The molecule has 3 rings (SSSR count). The molecule has 0 bridgehead atoms. The number of nitrogens with one attached hydrogen (secondary N) is 1. The highest BCUT2D eigenvalue weighted by Gasteiger charge is 2.21. The predicted molar refractivity (Wildman–Crippen MR) is 76.3 cm³/mol. The number of aromatic nitrogens is 3. The van der Waals surface area contributed by atoms with E-state index in [9.17, 15) is 4.79 Å². The molecule has 2 aromatic heterocycles. The van der Waals surface area contributed by atoms with E-state index in [4.69, 9.17) is 17.3 Å². The summed E-state index contributed by atoms with van der Waals surface area (Å²) in [4.78, 5) is 24.8. The minimum absolute atomic E-state index is 0.155. The van der Waals surface area contributed by atoms with Gasteiger partial charge in [0.1, 0.15) is 0 Å². The normalized spacial score (nSPS) is 15.1. The second-order valence-electron chi connectivity index (χ2n) is 4.80. The Morgan fingerprint density at radius 2 is 2.35 bits per heavy atom. The van der Waals surface area contributed by atoms with E-state index in [1.807, 2.05) is 6.07 Å². The van der Waals surface area contributed by atoms with Crippen LogP contribution in [0.3, 0.4) is 0 Å². The van der Waals surface area contributed by atoms with Crippen LogP contribution in [-0.4, -0.2) is 26.4 Å². The number of rotatable bonds is 2. The molecule has 0 atom stereocenters. The first-order valence-electron chi connectivity index (χ1n) is 6.32. The van der Waals surface area contributed by atoms with E-state index in [0.29, 0.717) is 30.1 Å². The molecule has 0 spiro atoms. The van der Waals surface area contributed by atoms with Gasteiger partial charge in [-0.1, -0.05) is 11.6 Å². The molecule has 20 heavy (non-hydrogen) atoms. The highest BCUT2D eigenvalue weighted by Crippen LogP contribution is 2.20. The van der Waals surface area contributed by atoms with Crippen molar-refractivity contribution in [1.82, 2.24) is 19.9 Å².